The van der Waals surface area contributed by atoms with Crippen molar-refractivity contribution in [1.29, 1.82) is 0 Å². The predicted molar refractivity (Wildman–Crippen MR) is 97.5 cm³/mol. The van der Waals surface area contributed by atoms with Gasteiger partial charge in [0.2, 0.25) is 0 Å². The first-order chi connectivity index (χ1) is 12.4. The number of aryl methyl sites for hydroxylation is 2. The molecule has 2 N–H and O–H groups in total. The number of rotatable bonds is 3. The van der Waals surface area contributed by atoms with Gasteiger partial charge in [0.25, 0.3) is 5.91 Å². The molecule has 0 aliphatic rings. The van der Waals surface area contributed by atoms with Gasteiger partial charge in [0.1, 0.15) is 0 Å². The number of hydrogen-bond acceptors (Lipinski definition) is 3. The van der Waals surface area contributed by atoms with Gasteiger partial charge < -0.3 is 10.3 Å². The fourth-order valence-corrected chi connectivity index (χ4v) is 3.03. The lowest BCUT2D eigenvalue weighted by Crippen LogP contribution is -2.39. The molecule has 3 aromatic rings. The van der Waals surface area contributed by atoms with Crippen LogP contribution in [0.2, 0.25) is 0 Å². The van der Waals surface area contributed by atoms with Crippen LogP contribution in [0.5, 0.6) is 0 Å². The normalized spacial score (nSPS) is 12.2. The fraction of sp³-hybridized carbons (Fsp3) is 0.143. The van der Waals surface area contributed by atoms with Crippen LogP contribution >= 0.6 is 0 Å². The fourth-order valence-electron chi connectivity index (χ4n) is 3.03. The zero-order valence-corrected chi connectivity index (χ0v) is 14.6. The van der Waals surface area contributed by atoms with E-state index in [0.717, 1.165) is 15.9 Å². The minimum absolute atomic E-state index is 0.0399. The van der Waals surface area contributed by atoms with Crippen molar-refractivity contribution in [3.8, 4) is 0 Å². The quantitative estimate of drug-likeness (QED) is 0.715. The lowest BCUT2D eigenvalue weighted by Gasteiger charge is -2.28. The number of aliphatic hydroxyl groups is 1. The molecular formula is C21H20N2O3. The molecule has 0 radical (unpaired) electrons. The molecule has 0 aliphatic carbocycles. The standard InChI is InChI=1S/C21H20N2O3/c1-15-9-3-5-11-17(15)21(25,18-12-6-4-10-16(18)2)20(24)22-19-13-7-8-14-23(19)26/h3-14,25-26H,1-2H3. The monoisotopic (exact) mass is 348 g/mol. The lowest BCUT2D eigenvalue weighted by molar-refractivity contribution is -0.133. The second kappa shape index (κ2) is 6.98. The van der Waals surface area contributed by atoms with E-state index in [2.05, 4.69) is 4.99 Å². The molecule has 0 spiro atoms. The first kappa shape index (κ1) is 17.6. The van der Waals surface area contributed by atoms with Gasteiger partial charge in [-0.2, -0.15) is 9.72 Å². The highest BCUT2D eigenvalue weighted by atomic mass is 16.5. The number of amides is 1. The van der Waals surface area contributed by atoms with Gasteiger partial charge in [-0.3, -0.25) is 4.79 Å². The van der Waals surface area contributed by atoms with E-state index in [0.29, 0.717) is 11.1 Å². The van der Waals surface area contributed by atoms with Crippen LogP contribution in [0.15, 0.2) is 77.9 Å². The van der Waals surface area contributed by atoms with Gasteiger partial charge in [0, 0.05) is 17.3 Å². The molecule has 2 aromatic carbocycles. The van der Waals surface area contributed by atoms with Crippen molar-refractivity contribution >= 4 is 5.91 Å². The topological polar surface area (TPSA) is 74.8 Å². The molecule has 0 saturated heterocycles. The van der Waals surface area contributed by atoms with Gasteiger partial charge in [-0.25, -0.2) is 0 Å². The molecule has 0 fully saturated rings. The Bertz CT molecular complexity index is 976. The van der Waals surface area contributed by atoms with E-state index in [1.54, 1.807) is 36.4 Å². The number of pyridine rings is 1. The number of carbonyl (C=O) groups is 1. The van der Waals surface area contributed by atoms with E-state index in [9.17, 15) is 15.1 Å². The third kappa shape index (κ3) is 3.05. The van der Waals surface area contributed by atoms with Crippen molar-refractivity contribution in [2.24, 2.45) is 4.99 Å². The zero-order valence-electron chi connectivity index (χ0n) is 14.6. The highest BCUT2D eigenvalue weighted by Crippen LogP contribution is 2.34. The van der Waals surface area contributed by atoms with Gasteiger partial charge in [0.05, 0.1) is 0 Å². The van der Waals surface area contributed by atoms with Crippen molar-refractivity contribution in [2.45, 2.75) is 19.4 Å². The van der Waals surface area contributed by atoms with Gasteiger partial charge in [-0.05, 0) is 37.1 Å². The number of nitrogens with zero attached hydrogens (tertiary/aromatic N) is 2. The molecule has 132 valence electrons. The van der Waals surface area contributed by atoms with Crippen molar-refractivity contribution in [3.05, 3.63) is 101 Å². The van der Waals surface area contributed by atoms with E-state index >= 15 is 0 Å². The summed E-state index contributed by atoms with van der Waals surface area (Å²) in [6.07, 6.45) is 1.37. The van der Waals surface area contributed by atoms with Crippen LogP contribution in [0.3, 0.4) is 0 Å². The van der Waals surface area contributed by atoms with Crippen molar-refractivity contribution < 1.29 is 15.1 Å². The SMILES string of the molecule is Cc1ccccc1C(O)(C(=O)N=c1ccccn1O)c1ccccc1C. The first-order valence-corrected chi connectivity index (χ1v) is 8.25. The minimum Gasteiger partial charge on any atom is -0.427 e. The van der Waals surface area contributed by atoms with Crippen molar-refractivity contribution in [1.82, 2.24) is 4.73 Å². The Morgan fingerprint density at radius 3 is 1.88 bits per heavy atom. The second-order valence-corrected chi connectivity index (χ2v) is 6.16. The summed E-state index contributed by atoms with van der Waals surface area (Å²) >= 11 is 0. The number of hydrogen-bond donors (Lipinski definition) is 2. The molecule has 26 heavy (non-hydrogen) atoms. The molecular weight excluding hydrogens is 328 g/mol. The zero-order chi connectivity index (χ0) is 18.7. The number of carbonyl (C=O) groups excluding carboxylic acids is 1. The maximum Gasteiger partial charge on any atom is 0.289 e. The molecule has 5 heteroatoms. The summed E-state index contributed by atoms with van der Waals surface area (Å²) in [4.78, 5) is 17.1. The molecule has 1 amide bonds. The van der Waals surface area contributed by atoms with Crippen LogP contribution < -0.4 is 5.49 Å². The van der Waals surface area contributed by atoms with Gasteiger partial charge >= 0.3 is 0 Å². The summed E-state index contributed by atoms with van der Waals surface area (Å²) in [7, 11) is 0. The highest BCUT2D eigenvalue weighted by molar-refractivity contribution is 5.91. The number of benzene rings is 2. The molecule has 0 unspecified atom stereocenters. The van der Waals surface area contributed by atoms with Gasteiger partial charge in [-0.1, -0.05) is 54.6 Å². The van der Waals surface area contributed by atoms with Crippen LogP contribution in [0.1, 0.15) is 22.3 Å². The minimum atomic E-state index is -1.96. The third-order valence-corrected chi connectivity index (χ3v) is 4.41. The average molecular weight is 348 g/mol. The summed E-state index contributed by atoms with van der Waals surface area (Å²) in [6, 6.07) is 19.1. The van der Waals surface area contributed by atoms with Crippen LogP contribution in [0.25, 0.3) is 0 Å². The summed E-state index contributed by atoms with van der Waals surface area (Å²) in [5.74, 6) is -0.768. The third-order valence-electron chi connectivity index (χ3n) is 4.41. The summed E-state index contributed by atoms with van der Waals surface area (Å²) < 4.78 is 0.744. The van der Waals surface area contributed by atoms with E-state index < -0.39 is 11.5 Å². The summed E-state index contributed by atoms with van der Waals surface area (Å²) in [5.41, 5.74) is 0.544. The molecule has 1 heterocycles. The molecule has 3 rings (SSSR count). The molecule has 0 aliphatic heterocycles. The Labute approximate surface area is 151 Å². The average Bonchev–Trinajstić information content (AvgIpc) is 2.63. The van der Waals surface area contributed by atoms with Crippen LogP contribution in [-0.2, 0) is 10.4 Å². The van der Waals surface area contributed by atoms with Crippen molar-refractivity contribution in [2.75, 3.05) is 0 Å². The Hall–Kier alpha value is -3.18. The summed E-state index contributed by atoms with van der Waals surface area (Å²) in [6.45, 7) is 3.67. The maximum absolute atomic E-state index is 13.2. The van der Waals surface area contributed by atoms with Gasteiger partial charge in [0.15, 0.2) is 11.1 Å². The Morgan fingerprint density at radius 2 is 1.38 bits per heavy atom. The Morgan fingerprint density at radius 1 is 0.885 bits per heavy atom. The lowest BCUT2D eigenvalue weighted by atomic mass is 9.81. The Balaban J connectivity index is 2.28. The molecule has 0 atom stereocenters. The second-order valence-electron chi connectivity index (χ2n) is 6.16. The van der Waals surface area contributed by atoms with Gasteiger partial charge in [-0.15, -0.1) is 0 Å². The highest BCUT2D eigenvalue weighted by Gasteiger charge is 2.42. The van der Waals surface area contributed by atoms with Crippen LogP contribution in [-0.4, -0.2) is 21.0 Å². The van der Waals surface area contributed by atoms with Crippen LogP contribution in [0.4, 0.5) is 0 Å². The van der Waals surface area contributed by atoms with E-state index in [-0.39, 0.29) is 5.49 Å². The molecule has 1 aromatic heterocycles. The van der Waals surface area contributed by atoms with E-state index in [1.165, 1.54) is 12.3 Å². The van der Waals surface area contributed by atoms with E-state index in [1.807, 2.05) is 38.1 Å². The summed E-state index contributed by atoms with van der Waals surface area (Å²) in [5, 5.41) is 21.5. The predicted octanol–water partition coefficient (Wildman–Crippen LogP) is 2.71. The molecule has 0 saturated carbocycles. The smallest absolute Gasteiger partial charge is 0.289 e. The van der Waals surface area contributed by atoms with E-state index in [4.69, 9.17) is 0 Å². The number of aromatic nitrogens is 1. The Kier molecular flexibility index (Phi) is 4.73. The maximum atomic E-state index is 13.2. The molecule has 0 bridgehead atoms. The molecule has 5 nitrogen and oxygen atoms in total. The first-order valence-electron chi connectivity index (χ1n) is 8.25. The van der Waals surface area contributed by atoms with Crippen molar-refractivity contribution in [3.63, 3.8) is 0 Å². The largest absolute Gasteiger partial charge is 0.427 e. The van der Waals surface area contributed by atoms with Crippen LogP contribution in [0, 0.1) is 13.8 Å².